The third-order valence-electron chi connectivity index (χ3n) is 5.84. The molecule has 0 bridgehead atoms. The minimum atomic E-state index is 0.189. The van der Waals surface area contributed by atoms with E-state index in [1.165, 1.54) is 44.2 Å². The van der Waals surface area contributed by atoms with Crippen LogP contribution >= 0.6 is 0 Å². The molecule has 1 aliphatic heterocycles. The molecule has 25 heavy (non-hydrogen) atoms. The Hall–Kier alpha value is -1.55. The van der Waals surface area contributed by atoms with Gasteiger partial charge in [-0.15, -0.1) is 0 Å². The van der Waals surface area contributed by atoms with E-state index in [-0.39, 0.29) is 5.91 Å². The number of benzene rings is 1. The van der Waals surface area contributed by atoms with E-state index in [9.17, 15) is 4.79 Å². The van der Waals surface area contributed by atoms with Crippen molar-refractivity contribution in [1.29, 1.82) is 0 Å². The van der Waals surface area contributed by atoms with E-state index in [4.69, 9.17) is 0 Å². The van der Waals surface area contributed by atoms with E-state index in [1.807, 2.05) is 17.0 Å². The van der Waals surface area contributed by atoms with Crippen LogP contribution in [0.2, 0.25) is 0 Å². The molecular weight excluding hydrogens is 310 g/mol. The number of carbonyl (C=O) groups excluding carboxylic acids is 1. The van der Waals surface area contributed by atoms with Gasteiger partial charge in [0.1, 0.15) is 0 Å². The largest absolute Gasteiger partial charge is 0.375 e. The van der Waals surface area contributed by atoms with Gasteiger partial charge in [-0.25, -0.2) is 0 Å². The van der Waals surface area contributed by atoms with Crippen LogP contribution in [-0.4, -0.2) is 61.5 Å². The average Bonchev–Trinajstić information content (AvgIpc) is 3.20. The third-order valence-corrected chi connectivity index (χ3v) is 5.84. The molecular formula is C21H33N3O. The quantitative estimate of drug-likeness (QED) is 0.789. The molecule has 1 heterocycles. The highest BCUT2D eigenvalue weighted by Gasteiger charge is 2.28. The number of nitrogens with zero attached hydrogens (tertiary/aromatic N) is 3. The first-order chi connectivity index (χ1) is 12.2. The maximum atomic E-state index is 12.8. The second kappa shape index (κ2) is 8.70. The molecule has 2 aliphatic rings. The van der Waals surface area contributed by atoms with Crippen molar-refractivity contribution >= 4 is 11.6 Å². The molecule has 1 aromatic rings. The fraction of sp³-hybridized carbons (Fsp3) is 0.667. The zero-order chi connectivity index (χ0) is 17.6. The maximum Gasteiger partial charge on any atom is 0.253 e. The molecule has 2 fully saturated rings. The first-order valence-corrected chi connectivity index (χ1v) is 10.0. The Morgan fingerprint density at radius 3 is 2.32 bits per heavy atom. The van der Waals surface area contributed by atoms with Crippen molar-refractivity contribution in [3.8, 4) is 0 Å². The van der Waals surface area contributed by atoms with E-state index in [1.54, 1.807) is 0 Å². The van der Waals surface area contributed by atoms with Crippen LogP contribution in [0.1, 0.15) is 55.8 Å². The molecule has 1 aliphatic carbocycles. The van der Waals surface area contributed by atoms with Gasteiger partial charge < -0.3 is 9.80 Å². The second-order valence-electron chi connectivity index (χ2n) is 7.59. The molecule has 138 valence electrons. The number of hydrogen-bond donors (Lipinski definition) is 0. The summed E-state index contributed by atoms with van der Waals surface area (Å²) in [6.07, 6.45) is 7.85. The topological polar surface area (TPSA) is 26.8 Å². The van der Waals surface area contributed by atoms with Crippen molar-refractivity contribution in [1.82, 2.24) is 9.80 Å². The Morgan fingerprint density at radius 1 is 1.08 bits per heavy atom. The fourth-order valence-electron chi connectivity index (χ4n) is 4.13. The average molecular weight is 344 g/mol. The Morgan fingerprint density at radius 2 is 1.72 bits per heavy atom. The van der Waals surface area contributed by atoms with E-state index in [0.29, 0.717) is 0 Å². The minimum absolute atomic E-state index is 0.189. The highest BCUT2D eigenvalue weighted by Crippen LogP contribution is 2.24. The van der Waals surface area contributed by atoms with Gasteiger partial charge >= 0.3 is 0 Å². The Labute approximate surface area is 152 Å². The molecule has 1 aromatic carbocycles. The van der Waals surface area contributed by atoms with Crippen molar-refractivity contribution in [2.24, 2.45) is 0 Å². The van der Waals surface area contributed by atoms with Gasteiger partial charge in [0.05, 0.1) is 0 Å². The number of unbranched alkanes of at least 4 members (excludes halogenated alkanes) is 1. The maximum absolute atomic E-state index is 12.8. The van der Waals surface area contributed by atoms with Gasteiger partial charge in [0.25, 0.3) is 5.91 Å². The molecule has 1 saturated carbocycles. The highest BCUT2D eigenvalue weighted by molar-refractivity contribution is 5.94. The number of carbonyl (C=O) groups is 1. The lowest BCUT2D eigenvalue weighted by Crippen LogP contribution is -2.51. The van der Waals surface area contributed by atoms with Crippen molar-refractivity contribution < 1.29 is 4.79 Å². The summed E-state index contributed by atoms with van der Waals surface area (Å²) in [5.74, 6) is 0.189. The lowest BCUT2D eigenvalue weighted by Gasteiger charge is -2.38. The van der Waals surface area contributed by atoms with Crippen LogP contribution in [0.25, 0.3) is 0 Å². The normalized spacial score (nSPS) is 19.4. The first kappa shape index (κ1) is 18.2. The van der Waals surface area contributed by atoms with Gasteiger partial charge in [-0.2, -0.15) is 0 Å². The van der Waals surface area contributed by atoms with E-state index in [0.717, 1.165) is 44.3 Å². The fourth-order valence-corrected chi connectivity index (χ4v) is 4.13. The molecule has 4 nitrogen and oxygen atoms in total. The molecule has 1 saturated heterocycles. The van der Waals surface area contributed by atoms with E-state index < -0.39 is 0 Å². The monoisotopic (exact) mass is 343 g/mol. The summed E-state index contributed by atoms with van der Waals surface area (Å²) < 4.78 is 0. The van der Waals surface area contributed by atoms with Crippen LogP contribution in [0, 0.1) is 0 Å². The van der Waals surface area contributed by atoms with E-state index in [2.05, 4.69) is 35.9 Å². The highest BCUT2D eigenvalue weighted by atomic mass is 16.2. The molecule has 0 spiro atoms. The van der Waals surface area contributed by atoms with Gasteiger partial charge in [0, 0.05) is 57.1 Å². The van der Waals surface area contributed by atoms with Crippen LogP contribution in [0.5, 0.6) is 0 Å². The van der Waals surface area contributed by atoms with Gasteiger partial charge in [0.15, 0.2) is 0 Å². The summed E-state index contributed by atoms with van der Waals surface area (Å²) in [6, 6.07) is 8.91. The summed E-state index contributed by atoms with van der Waals surface area (Å²) in [4.78, 5) is 19.7. The summed E-state index contributed by atoms with van der Waals surface area (Å²) in [6.45, 7) is 7.08. The van der Waals surface area contributed by atoms with Crippen molar-refractivity contribution in [3.63, 3.8) is 0 Å². The summed E-state index contributed by atoms with van der Waals surface area (Å²) in [5, 5.41) is 0. The van der Waals surface area contributed by atoms with Gasteiger partial charge in [0.2, 0.25) is 0 Å². The van der Waals surface area contributed by atoms with Gasteiger partial charge in [-0.1, -0.05) is 26.2 Å². The van der Waals surface area contributed by atoms with Crippen molar-refractivity contribution in [2.75, 3.05) is 44.7 Å². The number of hydrogen-bond acceptors (Lipinski definition) is 3. The lowest BCUT2D eigenvalue weighted by molar-refractivity contribution is 0.0573. The summed E-state index contributed by atoms with van der Waals surface area (Å²) in [7, 11) is 2.12. The molecule has 4 heteroatoms. The number of anilines is 1. The van der Waals surface area contributed by atoms with Crippen LogP contribution in [0.15, 0.2) is 24.3 Å². The zero-order valence-corrected chi connectivity index (χ0v) is 15.9. The van der Waals surface area contributed by atoms with Crippen LogP contribution in [-0.2, 0) is 0 Å². The Balaban J connectivity index is 1.52. The minimum Gasteiger partial charge on any atom is -0.375 e. The SMILES string of the molecule is CCCCN(C)c1ccc(C(=O)N2CCN(C3CCCC3)CC2)cc1. The number of rotatable bonds is 6. The molecule has 0 radical (unpaired) electrons. The van der Waals surface area contributed by atoms with Crippen LogP contribution < -0.4 is 4.90 Å². The van der Waals surface area contributed by atoms with E-state index >= 15 is 0 Å². The Kier molecular flexibility index (Phi) is 6.35. The zero-order valence-electron chi connectivity index (χ0n) is 15.9. The van der Waals surface area contributed by atoms with Gasteiger partial charge in [-0.05, 0) is 43.5 Å². The number of amides is 1. The third kappa shape index (κ3) is 4.55. The predicted octanol–water partition coefficient (Wildman–Crippen LogP) is 3.62. The number of piperazine rings is 1. The molecule has 1 amide bonds. The smallest absolute Gasteiger partial charge is 0.253 e. The molecule has 0 atom stereocenters. The summed E-state index contributed by atoms with van der Waals surface area (Å²) in [5.41, 5.74) is 2.01. The first-order valence-electron chi connectivity index (χ1n) is 10.0. The van der Waals surface area contributed by atoms with Crippen LogP contribution in [0.4, 0.5) is 5.69 Å². The molecule has 0 aromatic heterocycles. The van der Waals surface area contributed by atoms with Crippen molar-refractivity contribution in [2.45, 2.75) is 51.5 Å². The standard InChI is InChI=1S/C21H33N3O/c1-3-4-13-22(2)19-11-9-18(10-12-19)21(25)24-16-14-23(15-17-24)20-7-5-6-8-20/h9-12,20H,3-8,13-17H2,1-2H3. The van der Waals surface area contributed by atoms with Gasteiger partial charge in [-0.3, -0.25) is 9.69 Å². The van der Waals surface area contributed by atoms with Crippen molar-refractivity contribution in [3.05, 3.63) is 29.8 Å². The Bertz CT molecular complexity index is 543. The molecule has 0 N–H and O–H groups in total. The van der Waals surface area contributed by atoms with Crippen LogP contribution in [0.3, 0.4) is 0 Å². The lowest BCUT2D eigenvalue weighted by atomic mass is 10.1. The molecule has 3 rings (SSSR count). The summed E-state index contributed by atoms with van der Waals surface area (Å²) >= 11 is 0. The second-order valence-corrected chi connectivity index (χ2v) is 7.59. The predicted molar refractivity (Wildman–Crippen MR) is 104 cm³/mol. The molecule has 0 unspecified atom stereocenters.